The minimum absolute atomic E-state index is 0.381. The summed E-state index contributed by atoms with van der Waals surface area (Å²) in [6.45, 7) is 2.45. The Kier molecular flexibility index (Phi) is 4.70. The highest BCUT2D eigenvalue weighted by Crippen LogP contribution is 2.28. The number of carbonyl (C=O) groups excluding carboxylic acids is 1. The predicted octanol–water partition coefficient (Wildman–Crippen LogP) is 2.05. The predicted molar refractivity (Wildman–Crippen MR) is 82.0 cm³/mol. The van der Waals surface area contributed by atoms with Crippen LogP contribution in [0, 0.1) is 6.92 Å². The van der Waals surface area contributed by atoms with Crippen molar-refractivity contribution in [1.29, 1.82) is 0 Å². The quantitative estimate of drug-likeness (QED) is 0.592. The summed E-state index contributed by atoms with van der Waals surface area (Å²) >= 11 is 6.65. The third-order valence-electron chi connectivity index (χ3n) is 2.49. The fourth-order valence-electron chi connectivity index (χ4n) is 1.57. The fraction of sp³-hybridized carbons (Fsp3) is 0.250. The fourth-order valence-corrected chi connectivity index (χ4v) is 2.72. The number of aryl methyl sites for hydroxylation is 1. The average Bonchev–Trinajstić information content (AvgIpc) is 3.05. The monoisotopic (exact) mass is 310 g/mol. The van der Waals surface area contributed by atoms with Crippen molar-refractivity contribution < 1.29 is 9.53 Å². The summed E-state index contributed by atoms with van der Waals surface area (Å²) in [4.78, 5) is 12.6. The Labute approximate surface area is 125 Å². The van der Waals surface area contributed by atoms with E-state index in [2.05, 4.69) is 20.8 Å². The van der Waals surface area contributed by atoms with Gasteiger partial charge in [0.25, 0.3) is 0 Å². The SMILES string of the molecule is COC(=O)c1cc(C)sc1NC(=S)NCc1ccn[nH]1. The van der Waals surface area contributed by atoms with E-state index in [9.17, 15) is 4.79 Å². The van der Waals surface area contributed by atoms with Crippen molar-refractivity contribution >= 4 is 39.6 Å². The minimum atomic E-state index is -0.381. The second kappa shape index (κ2) is 6.49. The Balaban J connectivity index is 1.98. The molecule has 3 N–H and O–H groups in total. The molecule has 0 fully saturated rings. The number of aromatic amines is 1. The second-order valence-electron chi connectivity index (χ2n) is 3.98. The summed E-state index contributed by atoms with van der Waals surface area (Å²) in [7, 11) is 1.36. The summed E-state index contributed by atoms with van der Waals surface area (Å²) in [5, 5.41) is 13.8. The summed E-state index contributed by atoms with van der Waals surface area (Å²) in [5.41, 5.74) is 1.41. The van der Waals surface area contributed by atoms with Crippen molar-refractivity contribution in [2.45, 2.75) is 13.5 Å². The number of aromatic nitrogens is 2. The normalized spacial score (nSPS) is 10.1. The average molecular weight is 310 g/mol. The van der Waals surface area contributed by atoms with Crippen LogP contribution in [0.15, 0.2) is 18.3 Å². The third-order valence-corrected chi connectivity index (χ3v) is 3.70. The highest BCUT2D eigenvalue weighted by molar-refractivity contribution is 7.80. The zero-order valence-corrected chi connectivity index (χ0v) is 12.7. The first kappa shape index (κ1) is 14.5. The topological polar surface area (TPSA) is 79.0 Å². The number of carbonyl (C=O) groups is 1. The Bertz CT molecular complexity index is 607. The van der Waals surface area contributed by atoms with Crippen LogP contribution in [0.4, 0.5) is 5.00 Å². The number of methoxy groups -OCH3 is 1. The molecule has 20 heavy (non-hydrogen) atoms. The van der Waals surface area contributed by atoms with Crippen LogP contribution in [0.25, 0.3) is 0 Å². The molecule has 0 spiro atoms. The van der Waals surface area contributed by atoms with Crippen LogP contribution in [0.1, 0.15) is 20.9 Å². The van der Waals surface area contributed by atoms with Crippen molar-refractivity contribution in [3.8, 4) is 0 Å². The van der Waals surface area contributed by atoms with E-state index in [-0.39, 0.29) is 5.97 Å². The maximum atomic E-state index is 11.6. The molecule has 0 bridgehead atoms. The number of hydrogen-bond donors (Lipinski definition) is 3. The van der Waals surface area contributed by atoms with Gasteiger partial charge in [-0.25, -0.2) is 4.79 Å². The van der Waals surface area contributed by atoms with Gasteiger partial charge >= 0.3 is 5.97 Å². The lowest BCUT2D eigenvalue weighted by molar-refractivity contribution is 0.0602. The van der Waals surface area contributed by atoms with Gasteiger partial charge in [-0.1, -0.05) is 0 Å². The first-order chi connectivity index (χ1) is 9.60. The van der Waals surface area contributed by atoms with Gasteiger partial charge in [-0.2, -0.15) is 5.10 Å². The Hall–Kier alpha value is -1.93. The minimum Gasteiger partial charge on any atom is -0.465 e. The number of thiocarbonyl (C=S) groups is 1. The van der Waals surface area contributed by atoms with Gasteiger partial charge in [0, 0.05) is 11.1 Å². The number of nitrogens with zero attached hydrogens (tertiary/aromatic N) is 1. The molecular formula is C12H14N4O2S2. The number of H-pyrrole nitrogens is 1. The van der Waals surface area contributed by atoms with E-state index in [1.807, 2.05) is 13.0 Å². The number of nitrogens with one attached hydrogen (secondary N) is 3. The number of anilines is 1. The van der Waals surface area contributed by atoms with Crippen LogP contribution in [0.2, 0.25) is 0 Å². The molecule has 106 valence electrons. The van der Waals surface area contributed by atoms with Crippen LogP contribution in [-0.4, -0.2) is 28.4 Å². The van der Waals surface area contributed by atoms with Gasteiger partial charge in [0.05, 0.1) is 24.9 Å². The molecule has 2 rings (SSSR count). The van der Waals surface area contributed by atoms with E-state index in [1.165, 1.54) is 18.4 Å². The van der Waals surface area contributed by atoms with Crippen LogP contribution < -0.4 is 10.6 Å². The number of esters is 1. The molecule has 0 aliphatic carbocycles. The molecule has 2 aromatic heterocycles. The van der Waals surface area contributed by atoms with Crippen LogP contribution in [-0.2, 0) is 11.3 Å². The van der Waals surface area contributed by atoms with Gasteiger partial charge in [-0.05, 0) is 31.3 Å². The smallest absolute Gasteiger partial charge is 0.340 e. The highest BCUT2D eigenvalue weighted by Gasteiger charge is 2.16. The molecule has 0 aromatic carbocycles. The van der Waals surface area contributed by atoms with Gasteiger partial charge in [-0.15, -0.1) is 11.3 Å². The summed E-state index contributed by atoms with van der Waals surface area (Å²) in [6, 6.07) is 3.63. The zero-order valence-electron chi connectivity index (χ0n) is 11.0. The first-order valence-corrected chi connectivity index (χ1v) is 7.04. The van der Waals surface area contributed by atoms with Gasteiger partial charge in [0.15, 0.2) is 5.11 Å². The molecular weight excluding hydrogens is 296 g/mol. The molecule has 0 radical (unpaired) electrons. The summed E-state index contributed by atoms with van der Waals surface area (Å²) in [5.74, 6) is -0.381. The molecule has 0 aliphatic heterocycles. The van der Waals surface area contributed by atoms with E-state index in [4.69, 9.17) is 17.0 Å². The standard InChI is InChI=1S/C12H14N4O2S2/c1-7-5-9(11(17)18-2)10(20-7)15-12(19)13-6-8-3-4-14-16-8/h3-5H,6H2,1-2H3,(H,14,16)(H2,13,15,19). The number of ether oxygens (including phenoxy) is 1. The van der Waals surface area contributed by atoms with Gasteiger partial charge in [0.1, 0.15) is 5.00 Å². The van der Waals surface area contributed by atoms with Crippen LogP contribution >= 0.6 is 23.6 Å². The second-order valence-corrected chi connectivity index (χ2v) is 5.65. The van der Waals surface area contributed by atoms with E-state index in [0.29, 0.717) is 22.2 Å². The van der Waals surface area contributed by atoms with E-state index in [0.717, 1.165) is 10.6 Å². The molecule has 0 aliphatic rings. The van der Waals surface area contributed by atoms with Crippen molar-refractivity contribution in [3.63, 3.8) is 0 Å². The van der Waals surface area contributed by atoms with E-state index in [1.54, 1.807) is 12.3 Å². The molecule has 0 saturated heterocycles. The van der Waals surface area contributed by atoms with Crippen molar-refractivity contribution in [2.24, 2.45) is 0 Å². The van der Waals surface area contributed by atoms with Gasteiger partial charge < -0.3 is 15.4 Å². The maximum Gasteiger partial charge on any atom is 0.340 e. The Morgan fingerprint density at radius 3 is 3.05 bits per heavy atom. The Morgan fingerprint density at radius 2 is 2.40 bits per heavy atom. The Morgan fingerprint density at radius 1 is 1.60 bits per heavy atom. The lowest BCUT2D eigenvalue weighted by atomic mass is 10.3. The van der Waals surface area contributed by atoms with Gasteiger partial charge in [0.2, 0.25) is 0 Å². The zero-order chi connectivity index (χ0) is 14.5. The first-order valence-electron chi connectivity index (χ1n) is 5.82. The van der Waals surface area contributed by atoms with Gasteiger partial charge in [-0.3, -0.25) is 5.10 Å². The number of rotatable bonds is 4. The summed E-state index contributed by atoms with van der Waals surface area (Å²) in [6.07, 6.45) is 1.67. The van der Waals surface area contributed by atoms with Crippen LogP contribution in [0.3, 0.4) is 0 Å². The van der Waals surface area contributed by atoms with E-state index >= 15 is 0 Å². The summed E-state index contributed by atoms with van der Waals surface area (Å²) < 4.78 is 4.74. The molecule has 0 saturated carbocycles. The van der Waals surface area contributed by atoms with Crippen LogP contribution in [0.5, 0.6) is 0 Å². The highest BCUT2D eigenvalue weighted by atomic mass is 32.1. The molecule has 0 unspecified atom stereocenters. The van der Waals surface area contributed by atoms with Crippen molar-refractivity contribution in [2.75, 3.05) is 12.4 Å². The molecule has 0 amide bonds. The molecule has 8 heteroatoms. The molecule has 2 heterocycles. The number of hydrogen-bond acceptors (Lipinski definition) is 5. The number of thiophene rings is 1. The molecule has 2 aromatic rings. The largest absolute Gasteiger partial charge is 0.465 e. The lowest BCUT2D eigenvalue weighted by Crippen LogP contribution is -2.28. The molecule has 0 atom stereocenters. The third kappa shape index (κ3) is 3.55. The maximum absolute atomic E-state index is 11.6. The van der Waals surface area contributed by atoms with Crippen molar-refractivity contribution in [1.82, 2.24) is 15.5 Å². The lowest BCUT2D eigenvalue weighted by Gasteiger charge is -2.09. The molecule has 6 nitrogen and oxygen atoms in total. The van der Waals surface area contributed by atoms with Crippen molar-refractivity contribution in [3.05, 3.63) is 34.5 Å². The van der Waals surface area contributed by atoms with E-state index < -0.39 is 0 Å².